The number of carbonyl (C=O) groups excluding carboxylic acids is 2. The monoisotopic (exact) mass is 403 g/mol. The van der Waals surface area contributed by atoms with Crippen molar-refractivity contribution in [2.24, 2.45) is 13.0 Å². The predicted octanol–water partition coefficient (Wildman–Crippen LogP) is 3.67. The van der Waals surface area contributed by atoms with Crippen molar-refractivity contribution in [3.05, 3.63) is 59.9 Å². The summed E-state index contributed by atoms with van der Waals surface area (Å²) in [5.74, 6) is 0.408. The molecule has 152 valence electrons. The lowest BCUT2D eigenvalue weighted by Gasteiger charge is -2.29. The molecule has 0 bridgehead atoms. The minimum atomic E-state index is -0.0735. The van der Waals surface area contributed by atoms with E-state index < -0.39 is 0 Å². The van der Waals surface area contributed by atoms with E-state index in [1.165, 1.54) is 0 Å². The van der Waals surface area contributed by atoms with Crippen molar-refractivity contribution in [3.63, 3.8) is 0 Å². The lowest BCUT2D eigenvalue weighted by atomic mass is 10.2. The van der Waals surface area contributed by atoms with Crippen molar-refractivity contribution in [3.8, 4) is 0 Å². The van der Waals surface area contributed by atoms with E-state index >= 15 is 0 Å². The molecule has 28 heavy (non-hydrogen) atoms. The van der Waals surface area contributed by atoms with Crippen molar-refractivity contribution in [2.75, 3.05) is 19.0 Å². The van der Waals surface area contributed by atoms with Crippen molar-refractivity contribution in [1.29, 1.82) is 0 Å². The molecule has 0 aliphatic rings. The van der Waals surface area contributed by atoms with E-state index in [0.717, 1.165) is 11.3 Å². The van der Waals surface area contributed by atoms with Gasteiger partial charge in [-0.15, -0.1) is 11.6 Å². The van der Waals surface area contributed by atoms with Crippen LogP contribution in [0.1, 0.15) is 31.5 Å². The summed E-state index contributed by atoms with van der Waals surface area (Å²) in [4.78, 5) is 29.1. The summed E-state index contributed by atoms with van der Waals surface area (Å²) in [7, 11) is 1.97. The Balaban J connectivity index is 2.18. The largest absolute Gasteiger partial charge is 0.353 e. The molecule has 1 aromatic heterocycles. The van der Waals surface area contributed by atoms with E-state index in [4.69, 9.17) is 11.6 Å². The van der Waals surface area contributed by atoms with Gasteiger partial charge in [0.1, 0.15) is 0 Å². The zero-order valence-electron chi connectivity index (χ0n) is 17.0. The third kappa shape index (κ3) is 6.71. The number of rotatable bonds is 10. The Morgan fingerprint density at radius 2 is 1.71 bits per heavy atom. The Kier molecular flexibility index (Phi) is 8.58. The van der Waals surface area contributed by atoms with Gasteiger partial charge in [0.05, 0.1) is 13.1 Å². The summed E-state index contributed by atoms with van der Waals surface area (Å²) >= 11 is 5.75. The summed E-state index contributed by atoms with van der Waals surface area (Å²) < 4.78 is 2.01. The van der Waals surface area contributed by atoms with Gasteiger partial charge in [-0.05, 0) is 23.6 Å². The first-order valence-electron chi connectivity index (χ1n) is 9.66. The number of carbonyl (C=O) groups is 2. The molecule has 0 spiro atoms. The first-order valence-corrected chi connectivity index (χ1v) is 10.2. The summed E-state index contributed by atoms with van der Waals surface area (Å²) in [6.07, 6.45) is 2.22. The highest BCUT2D eigenvalue weighted by Crippen LogP contribution is 2.12. The maximum absolute atomic E-state index is 13.2. The van der Waals surface area contributed by atoms with Gasteiger partial charge in [0.25, 0.3) is 0 Å². The highest BCUT2D eigenvalue weighted by atomic mass is 35.5. The van der Waals surface area contributed by atoms with Crippen LogP contribution in [0.25, 0.3) is 0 Å². The molecule has 1 aromatic carbocycles. The zero-order valence-corrected chi connectivity index (χ0v) is 17.7. The molecule has 0 radical (unpaired) electrons. The summed E-state index contributed by atoms with van der Waals surface area (Å²) in [5, 5.41) is 0. The molecule has 2 aromatic rings. The Hall–Kier alpha value is -2.27. The third-order valence-corrected chi connectivity index (χ3v) is 4.73. The number of amides is 2. The number of hydrogen-bond donors (Lipinski definition) is 0. The van der Waals surface area contributed by atoms with Gasteiger partial charge in [-0.2, -0.15) is 0 Å². The number of alkyl halides is 1. The number of nitrogens with zero attached hydrogens (tertiary/aromatic N) is 3. The van der Waals surface area contributed by atoms with Crippen LogP contribution in [0.15, 0.2) is 48.7 Å². The summed E-state index contributed by atoms with van der Waals surface area (Å²) in [5.41, 5.74) is 2.11. The van der Waals surface area contributed by atoms with Crippen LogP contribution in [0.3, 0.4) is 0 Å². The summed E-state index contributed by atoms with van der Waals surface area (Å²) in [6, 6.07) is 13.9. The van der Waals surface area contributed by atoms with Gasteiger partial charge in [0, 0.05) is 44.3 Å². The van der Waals surface area contributed by atoms with Gasteiger partial charge in [-0.3, -0.25) is 9.59 Å². The number of hydrogen-bond acceptors (Lipinski definition) is 2. The molecule has 0 aliphatic heterocycles. The number of benzene rings is 1. The van der Waals surface area contributed by atoms with Gasteiger partial charge in [0.15, 0.2) is 0 Å². The fraction of sp³-hybridized carbons (Fsp3) is 0.455. The lowest BCUT2D eigenvalue weighted by Crippen LogP contribution is -2.44. The summed E-state index contributed by atoms with van der Waals surface area (Å²) in [6.45, 7) is 5.70. The van der Waals surface area contributed by atoms with Gasteiger partial charge in [0.2, 0.25) is 11.8 Å². The van der Waals surface area contributed by atoms with Crippen LogP contribution < -0.4 is 0 Å². The van der Waals surface area contributed by atoms with Gasteiger partial charge in [-0.25, -0.2) is 0 Å². The molecule has 0 fully saturated rings. The molecule has 0 aliphatic carbocycles. The average Bonchev–Trinajstić information content (AvgIpc) is 3.06. The minimum absolute atomic E-state index is 0.0615. The molecule has 5 nitrogen and oxygen atoms in total. The van der Waals surface area contributed by atoms with E-state index in [0.29, 0.717) is 19.6 Å². The lowest BCUT2D eigenvalue weighted by molar-refractivity contribution is -0.141. The first kappa shape index (κ1) is 22.0. The van der Waals surface area contributed by atoms with E-state index in [9.17, 15) is 9.59 Å². The van der Waals surface area contributed by atoms with Crippen LogP contribution in [0.2, 0.25) is 0 Å². The maximum atomic E-state index is 13.2. The highest BCUT2D eigenvalue weighted by molar-refractivity contribution is 6.18. The Labute approximate surface area is 172 Å². The molecule has 0 atom stereocenters. The molecule has 2 amide bonds. The van der Waals surface area contributed by atoms with Gasteiger partial charge < -0.3 is 14.4 Å². The van der Waals surface area contributed by atoms with Gasteiger partial charge in [-0.1, -0.05) is 44.2 Å². The normalized spacial score (nSPS) is 10.9. The van der Waals surface area contributed by atoms with Crippen molar-refractivity contribution in [2.45, 2.75) is 33.4 Å². The second-order valence-electron chi connectivity index (χ2n) is 7.45. The van der Waals surface area contributed by atoms with Crippen LogP contribution in [-0.2, 0) is 29.7 Å². The molecule has 0 unspecified atom stereocenters. The molecule has 1 heterocycles. The van der Waals surface area contributed by atoms with Crippen molar-refractivity contribution < 1.29 is 9.59 Å². The fourth-order valence-electron chi connectivity index (χ4n) is 3.09. The average molecular weight is 404 g/mol. The standard InChI is InChI=1S/C22H30ClN3O2/c1-18(2)14-25(21(27)11-12-23)17-22(28)26(15-19-8-5-4-6-9-19)16-20-10-7-13-24(20)3/h4-10,13,18H,11-12,14-17H2,1-3H3. The Bertz CT molecular complexity index is 758. The maximum Gasteiger partial charge on any atom is 0.242 e. The molecule has 2 rings (SSSR count). The number of aromatic nitrogens is 1. The van der Waals surface area contributed by atoms with E-state index in [-0.39, 0.29) is 36.6 Å². The smallest absolute Gasteiger partial charge is 0.242 e. The third-order valence-electron chi connectivity index (χ3n) is 4.55. The van der Waals surface area contributed by atoms with Crippen LogP contribution in [0, 0.1) is 5.92 Å². The van der Waals surface area contributed by atoms with E-state index in [1.54, 1.807) is 4.90 Å². The van der Waals surface area contributed by atoms with E-state index in [2.05, 4.69) is 0 Å². The SMILES string of the molecule is CC(C)CN(CC(=O)N(Cc1ccccc1)Cc1cccn1C)C(=O)CCCl. The molecular formula is C22H30ClN3O2. The Morgan fingerprint density at radius 3 is 2.29 bits per heavy atom. The van der Waals surface area contributed by atoms with Crippen LogP contribution in [0.4, 0.5) is 0 Å². The van der Waals surface area contributed by atoms with Crippen LogP contribution >= 0.6 is 11.6 Å². The van der Waals surface area contributed by atoms with E-state index in [1.807, 2.05) is 79.0 Å². The fourth-order valence-corrected chi connectivity index (χ4v) is 3.25. The highest BCUT2D eigenvalue weighted by Gasteiger charge is 2.22. The molecule has 0 saturated carbocycles. The number of halogens is 1. The van der Waals surface area contributed by atoms with Crippen LogP contribution in [-0.4, -0.2) is 45.2 Å². The quantitative estimate of drug-likeness (QED) is 0.568. The molecule has 0 N–H and O–H groups in total. The molecule has 6 heteroatoms. The van der Waals surface area contributed by atoms with Gasteiger partial charge >= 0.3 is 0 Å². The second kappa shape index (κ2) is 10.9. The van der Waals surface area contributed by atoms with Crippen LogP contribution in [0.5, 0.6) is 0 Å². The molecule has 0 saturated heterocycles. The second-order valence-corrected chi connectivity index (χ2v) is 7.83. The topological polar surface area (TPSA) is 45.6 Å². The predicted molar refractivity (Wildman–Crippen MR) is 113 cm³/mol. The van der Waals surface area contributed by atoms with Crippen molar-refractivity contribution in [1.82, 2.24) is 14.4 Å². The van der Waals surface area contributed by atoms with Crippen molar-refractivity contribution >= 4 is 23.4 Å². The minimum Gasteiger partial charge on any atom is -0.353 e. The molecular weight excluding hydrogens is 374 g/mol. The zero-order chi connectivity index (χ0) is 20.5. The Morgan fingerprint density at radius 1 is 1.00 bits per heavy atom. The number of aryl methyl sites for hydroxylation is 1. The first-order chi connectivity index (χ1) is 13.4.